The maximum Gasteiger partial charge on any atom is 0.246 e. The first-order valence-corrected chi connectivity index (χ1v) is 9.79. The number of hydrogen-bond donors (Lipinski definition) is 1. The molecule has 0 saturated carbocycles. The van der Waals surface area contributed by atoms with E-state index < -0.39 is 0 Å². The zero-order chi connectivity index (χ0) is 20.9. The molecule has 3 aromatic rings. The Labute approximate surface area is 175 Å². The van der Waals surface area contributed by atoms with Crippen molar-refractivity contribution in [2.24, 2.45) is 0 Å². The standard InChI is InChI=1S/C22H24N6O2/c1-27-14-20(29)28(17-6-8-18(30-2)9-7-17)13-19-21(25-15-26-22(19)27)24-12-10-16-5-3-4-11-23-16/h3-9,11,15H,10,12-14H2,1-2H3,(H,24,25,26). The fourth-order valence-corrected chi connectivity index (χ4v) is 3.49. The Kier molecular flexibility index (Phi) is 5.74. The van der Waals surface area contributed by atoms with Gasteiger partial charge in [-0.15, -0.1) is 0 Å². The smallest absolute Gasteiger partial charge is 0.246 e. The molecule has 0 radical (unpaired) electrons. The molecule has 1 aromatic carbocycles. The van der Waals surface area contributed by atoms with Gasteiger partial charge in [0.1, 0.15) is 23.7 Å². The Morgan fingerprint density at radius 2 is 1.90 bits per heavy atom. The molecule has 0 atom stereocenters. The van der Waals surface area contributed by atoms with Gasteiger partial charge in [-0.1, -0.05) is 6.07 Å². The average Bonchev–Trinajstić information content (AvgIpc) is 2.91. The number of ether oxygens (including phenoxy) is 1. The molecule has 2 aromatic heterocycles. The Morgan fingerprint density at radius 3 is 2.63 bits per heavy atom. The number of hydrogen-bond acceptors (Lipinski definition) is 7. The van der Waals surface area contributed by atoms with E-state index in [0.29, 0.717) is 13.1 Å². The highest BCUT2D eigenvalue weighted by Crippen LogP contribution is 2.30. The molecule has 1 aliphatic rings. The Morgan fingerprint density at radius 1 is 1.07 bits per heavy atom. The Bertz CT molecular complexity index is 1010. The van der Waals surface area contributed by atoms with Gasteiger partial charge in [0.25, 0.3) is 0 Å². The molecule has 0 aliphatic carbocycles. The van der Waals surface area contributed by atoms with Crippen LogP contribution in [0.4, 0.5) is 17.3 Å². The molecule has 3 heterocycles. The minimum atomic E-state index is 0.0000948. The van der Waals surface area contributed by atoms with Gasteiger partial charge in [0, 0.05) is 37.6 Å². The third kappa shape index (κ3) is 4.17. The Hall–Kier alpha value is -3.68. The first kappa shape index (κ1) is 19.6. The summed E-state index contributed by atoms with van der Waals surface area (Å²) in [7, 11) is 3.50. The lowest BCUT2D eigenvalue weighted by molar-refractivity contribution is -0.117. The number of likely N-dealkylation sites (N-methyl/N-ethyl adjacent to an activating group) is 1. The number of nitrogens with one attached hydrogen (secondary N) is 1. The normalized spacial score (nSPS) is 13.6. The monoisotopic (exact) mass is 404 g/mol. The summed E-state index contributed by atoms with van der Waals surface area (Å²) in [6, 6.07) is 13.4. The third-order valence-corrected chi connectivity index (χ3v) is 5.06. The summed E-state index contributed by atoms with van der Waals surface area (Å²) in [6.45, 7) is 1.31. The van der Waals surface area contributed by atoms with E-state index in [1.807, 2.05) is 54.4 Å². The van der Waals surface area contributed by atoms with Gasteiger partial charge in [-0.05, 0) is 36.4 Å². The van der Waals surface area contributed by atoms with E-state index in [9.17, 15) is 4.79 Å². The summed E-state index contributed by atoms with van der Waals surface area (Å²) in [4.78, 5) is 29.8. The number of carbonyl (C=O) groups excluding carboxylic acids is 1. The molecule has 154 valence electrons. The summed E-state index contributed by atoms with van der Waals surface area (Å²) in [6.07, 6.45) is 4.10. The van der Waals surface area contributed by atoms with Crippen LogP contribution in [0.2, 0.25) is 0 Å². The van der Waals surface area contributed by atoms with E-state index in [0.717, 1.165) is 40.8 Å². The molecule has 1 N–H and O–H groups in total. The van der Waals surface area contributed by atoms with Gasteiger partial charge in [-0.3, -0.25) is 9.78 Å². The van der Waals surface area contributed by atoms with Crippen LogP contribution in [-0.4, -0.2) is 48.1 Å². The molecule has 1 aliphatic heterocycles. The molecule has 4 rings (SSSR count). The van der Waals surface area contributed by atoms with E-state index in [1.165, 1.54) is 6.33 Å². The van der Waals surface area contributed by atoms with Crippen molar-refractivity contribution in [3.8, 4) is 5.75 Å². The number of methoxy groups -OCH3 is 1. The fraction of sp³-hybridized carbons (Fsp3) is 0.273. The summed E-state index contributed by atoms with van der Waals surface area (Å²) in [5.74, 6) is 2.24. The fourth-order valence-electron chi connectivity index (χ4n) is 3.49. The van der Waals surface area contributed by atoms with Crippen molar-refractivity contribution < 1.29 is 9.53 Å². The van der Waals surface area contributed by atoms with Gasteiger partial charge in [0.15, 0.2) is 0 Å². The number of nitrogens with zero attached hydrogens (tertiary/aromatic N) is 5. The highest BCUT2D eigenvalue weighted by Gasteiger charge is 2.28. The van der Waals surface area contributed by atoms with E-state index in [1.54, 1.807) is 18.2 Å². The number of amides is 1. The molecule has 1 amide bonds. The van der Waals surface area contributed by atoms with Crippen molar-refractivity contribution in [3.05, 3.63) is 66.2 Å². The number of aromatic nitrogens is 3. The van der Waals surface area contributed by atoms with E-state index >= 15 is 0 Å². The van der Waals surface area contributed by atoms with Gasteiger partial charge in [0.2, 0.25) is 5.91 Å². The predicted molar refractivity (Wildman–Crippen MR) is 116 cm³/mol. The lowest BCUT2D eigenvalue weighted by atomic mass is 10.2. The van der Waals surface area contributed by atoms with Crippen molar-refractivity contribution in [1.82, 2.24) is 15.0 Å². The molecule has 30 heavy (non-hydrogen) atoms. The number of anilines is 3. The summed E-state index contributed by atoms with van der Waals surface area (Å²) >= 11 is 0. The zero-order valence-electron chi connectivity index (χ0n) is 17.1. The van der Waals surface area contributed by atoms with Crippen LogP contribution in [0.25, 0.3) is 0 Å². The van der Waals surface area contributed by atoms with Gasteiger partial charge < -0.3 is 19.9 Å². The van der Waals surface area contributed by atoms with Gasteiger partial charge in [-0.2, -0.15) is 0 Å². The van der Waals surface area contributed by atoms with E-state index in [4.69, 9.17) is 4.74 Å². The number of fused-ring (bicyclic) bond motifs is 1. The minimum Gasteiger partial charge on any atom is -0.497 e. The second-order valence-electron chi connectivity index (χ2n) is 7.06. The number of carbonyl (C=O) groups is 1. The van der Waals surface area contributed by atoms with Crippen LogP contribution in [0.1, 0.15) is 11.3 Å². The van der Waals surface area contributed by atoms with Gasteiger partial charge in [-0.25, -0.2) is 9.97 Å². The molecule has 8 nitrogen and oxygen atoms in total. The van der Waals surface area contributed by atoms with Crippen LogP contribution in [0, 0.1) is 0 Å². The second-order valence-corrected chi connectivity index (χ2v) is 7.06. The topological polar surface area (TPSA) is 83.5 Å². The SMILES string of the molecule is COc1ccc(N2Cc3c(NCCc4ccccn4)ncnc3N(C)CC2=O)cc1. The maximum atomic E-state index is 12.9. The van der Waals surface area contributed by atoms with Gasteiger partial charge in [0.05, 0.1) is 25.8 Å². The molecular formula is C22H24N6O2. The first-order valence-electron chi connectivity index (χ1n) is 9.79. The van der Waals surface area contributed by atoms with Crippen LogP contribution in [0.5, 0.6) is 5.75 Å². The van der Waals surface area contributed by atoms with Gasteiger partial charge >= 0.3 is 0 Å². The summed E-state index contributed by atoms with van der Waals surface area (Å²) in [5.41, 5.74) is 2.71. The minimum absolute atomic E-state index is 0.0000948. The van der Waals surface area contributed by atoms with Crippen molar-refractivity contribution in [2.45, 2.75) is 13.0 Å². The molecule has 8 heteroatoms. The highest BCUT2D eigenvalue weighted by atomic mass is 16.5. The second kappa shape index (κ2) is 8.77. The average molecular weight is 404 g/mol. The van der Waals surface area contributed by atoms with E-state index in [2.05, 4.69) is 20.3 Å². The van der Waals surface area contributed by atoms with Crippen LogP contribution in [0.15, 0.2) is 55.0 Å². The van der Waals surface area contributed by atoms with Crippen molar-refractivity contribution in [2.75, 3.05) is 42.4 Å². The van der Waals surface area contributed by atoms with Crippen molar-refractivity contribution in [3.63, 3.8) is 0 Å². The molecule has 0 fully saturated rings. The largest absolute Gasteiger partial charge is 0.497 e. The predicted octanol–water partition coefficient (Wildman–Crippen LogP) is 2.52. The quantitative estimate of drug-likeness (QED) is 0.676. The highest BCUT2D eigenvalue weighted by molar-refractivity contribution is 5.97. The molecule has 0 unspecified atom stereocenters. The Balaban J connectivity index is 1.58. The summed E-state index contributed by atoms with van der Waals surface area (Å²) < 4.78 is 5.23. The number of benzene rings is 1. The maximum absolute atomic E-state index is 12.9. The number of pyridine rings is 1. The van der Waals surface area contributed by atoms with E-state index in [-0.39, 0.29) is 12.5 Å². The molecule has 0 spiro atoms. The van der Waals surface area contributed by atoms with Crippen LogP contribution in [0.3, 0.4) is 0 Å². The lowest BCUT2D eigenvalue weighted by Gasteiger charge is -2.22. The van der Waals surface area contributed by atoms with Crippen LogP contribution in [-0.2, 0) is 17.8 Å². The lowest BCUT2D eigenvalue weighted by Crippen LogP contribution is -2.35. The molecule has 0 bridgehead atoms. The zero-order valence-corrected chi connectivity index (χ0v) is 17.1. The molecular weight excluding hydrogens is 380 g/mol. The summed E-state index contributed by atoms with van der Waals surface area (Å²) in [5, 5.41) is 3.40. The first-order chi connectivity index (χ1) is 14.7. The third-order valence-electron chi connectivity index (χ3n) is 5.06. The van der Waals surface area contributed by atoms with Crippen molar-refractivity contribution >= 4 is 23.2 Å². The van der Waals surface area contributed by atoms with Crippen molar-refractivity contribution in [1.29, 1.82) is 0 Å². The van der Waals surface area contributed by atoms with Crippen LogP contribution >= 0.6 is 0 Å². The van der Waals surface area contributed by atoms with Crippen LogP contribution < -0.4 is 19.9 Å². The number of rotatable bonds is 6. The molecule has 0 saturated heterocycles.